The molecule has 0 aliphatic rings. The zero-order valence-corrected chi connectivity index (χ0v) is 46.8. The van der Waals surface area contributed by atoms with E-state index < -0.39 is 0 Å². The van der Waals surface area contributed by atoms with Gasteiger partial charge in [-0.05, 0) is 133 Å². The zero-order chi connectivity index (χ0) is 51.9. The Bertz CT molecular complexity index is 4330. The van der Waals surface area contributed by atoms with E-state index in [4.69, 9.17) is 19.1 Å². The van der Waals surface area contributed by atoms with E-state index in [1.54, 1.807) is 6.26 Å². The fourth-order valence-corrected chi connectivity index (χ4v) is 11.5. The number of imidazole rings is 2. The molecule has 7 heteroatoms. The maximum Gasteiger partial charge on any atom is 2.00 e. The maximum atomic E-state index is 6.84. The second-order valence-electron chi connectivity index (χ2n) is 21.6. The van der Waals surface area contributed by atoms with Gasteiger partial charge in [0.25, 0.3) is 0 Å². The SMILES string of the molecule is CC(C)c1cc(-c2ccccc2)cc(C(C)C)c1-c1ccc2c3ccc(Oc4[c-]c(-c5nc6ccccc6n5-c5c(C(C)C)cc(-c6ccccc6)cc5C(C)C)ccc4)[c-]c3c3nc4c5occc5ccc4n3c2c1.[Pt+2]. The number of aromatic nitrogens is 4. The van der Waals surface area contributed by atoms with Gasteiger partial charge in [0.05, 0.1) is 34.3 Å². The molecule has 0 amide bonds. The first-order chi connectivity index (χ1) is 37.0. The van der Waals surface area contributed by atoms with Crippen LogP contribution in [0.4, 0.5) is 0 Å². The summed E-state index contributed by atoms with van der Waals surface area (Å²) in [6, 6.07) is 70.3. The molecule has 0 spiro atoms. The Hall–Kier alpha value is -8.05. The smallest absolute Gasteiger partial charge is 0.497 e. The van der Waals surface area contributed by atoms with Crippen LogP contribution >= 0.6 is 0 Å². The summed E-state index contributed by atoms with van der Waals surface area (Å²) >= 11 is 0. The summed E-state index contributed by atoms with van der Waals surface area (Å²) in [5.41, 5.74) is 20.9. The van der Waals surface area contributed by atoms with E-state index >= 15 is 0 Å². The Morgan fingerprint density at radius 3 is 1.75 bits per heavy atom. The van der Waals surface area contributed by atoms with Gasteiger partial charge >= 0.3 is 21.1 Å². The number of hydrogen-bond acceptors (Lipinski definition) is 4. The van der Waals surface area contributed by atoms with E-state index in [1.807, 2.05) is 24.3 Å². The Balaban J connectivity index is 0.00000596. The van der Waals surface area contributed by atoms with Crippen LogP contribution in [0.2, 0.25) is 0 Å². The van der Waals surface area contributed by atoms with E-state index in [-0.39, 0.29) is 32.9 Å². The molecule has 0 N–H and O–H groups in total. The molecule has 0 bridgehead atoms. The summed E-state index contributed by atoms with van der Waals surface area (Å²) in [5.74, 6) is 3.00. The largest absolute Gasteiger partial charge is 2.00 e. The minimum absolute atomic E-state index is 0. The minimum Gasteiger partial charge on any atom is -0.497 e. The van der Waals surface area contributed by atoms with Crippen LogP contribution in [0.5, 0.6) is 11.5 Å². The second kappa shape index (κ2) is 19.8. The number of ether oxygens (including phenoxy) is 1. The Morgan fingerprint density at radius 1 is 0.481 bits per heavy atom. The normalized spacial score (nSPS) is 12.0. The fraction of sp³-hybridized carbons (Fsp3) is 0.171. The topological polar surface area (TPSA) is 57.5 Å². The molecular weight excluding hydrogens is 1120 g/mol. The number of nitrogens with zero attached hydrogens (tertiary/aromatic N) is 4. The van der Waals surface area contributed by atoms with Gasteiger partial charge < -0.3 is 18.1 Å². The van der Waals surface area contributed by atoms with E-state index in [0.717, 1.165) is 71.7 Å². The third kappa shape index (κ3) is 8.55. The van der Waals surface area contributed by atoms with Gasteiger partial charge in [-0.2, -0.15) is 0 Å². The molecule has 4 aromatic heterocycles. The molecule has 0 saturated heterocycles. The first kappa shape index (κ1) is 49.8. The number of benzene rings is 9. The molecule has 0 unspecified atom stereocenters. The van der Waals surface area contributed by atoms with Crippen molar-refractivity contribution in [2.45, 2.75) is 79.1 Å². The van der Waals surface area contributed by atoms with Crippen LogP contribution in [0, 0.1) is 12.1 Å². The standard InChI is InChI=1S/C70H58N4O2.Pt/c1-41(2)56-35-50(45-18-11-9-12-19-45)36-57(42(3)4)65(56)48-26-29-55-54-30-28-53(40-60(54)70-72-66-63(73(70)64(55)39-48)31-27-47-32-33-75-68(47)66)76-52-23-17-22-49(34-52)69-71-61-24-15-16-25-62(61)74(69)67-58(43(5)6)37-51(38-59(67)44(7)8)46-20-13-10-14-21-46;/h9-33,35-39,41-44H,1-8H3;/q-2;+2. The summed E-state index contributed by atoms with van der Waals surface area (Å²) in [6.45, 7) is 18.4. The molecule has 0 radical (unpaired) electrons. The van der Waals surface area contributed by atoms with Crippen LogP contribution in [0.3, 0.4) is 0 Å². The predicted octanol–water partition coefficient (Wildman–Crippen LogP) is 19.4. The van der Waals surface area contributed by atoms with E-state index in [2.05, 4.69) is 228 Å². The molecule has 0 atom stereocenters. The zero-order valence-electron chi connectivity index (χ0n) is 44.6. The first-order valence-corrected chi connectivity index (χ1v) is 26.7. The summed E-state index contributed by atoms with van der Waals surface area (Å²) < 4.78 is 17.6. The van der Waals surface area contributed by atoms with Crippen LogP contribution in [0.25, 0.3) is 111 Å². The molecular formula is C70H58N4O2Pt. The molecule has 380 valence electrons. The van der Waals surface area contributed by atoms with Gasteiger partial charge in [0.2, 0.25) is 0 Å². The number of furan rings is 1. The quantitative estimate of drug-likeness (QED) is 0.0956. The Kier molecular flexibility index (Phi) is 12.8. The minimum atomic E-state index is 0. The Labute approximate surface area is 464 Å². The van der Waals surface area contributed by atoms with E-state index in [0.29, 0.717) is 23.3 Å². The summed E-state index contributed by atoms with van der Waals surface area (Å²) in [6.07, 6.45) is 1.74. The van der Waals surface area contributed by atoms with Crippen molar-refractivity contribution < 1.29 is 30.2 Å². The average molecular weight is 1180 g/mol. The van der Waals surface area contributed by atoms with Crippen LogP contribution < -0.4 is 4.74 Å². The molecule has 0 aliphatic heterocycles. The first-order valence-electron chi connectivity index (χ1n) is 26.7. The van der Waals surface area contributed by atoms with Crippen molar-refractivity contribution in [2.75, 3.05) is 0 Å². The fourth-order valence-electron chi connectivity index (χ4n) is 11.5. The van der Waals surface area contributed by atoms with E-state index in [9.17, 15) is 0 Å². The molecule has 4 heterocycles. The summed E-state index contributed by atoms with van der Waals surface area (Å²) in [7, 11) is 0. The monoisotopic (exact) mass is 1180 g/mol. The van der Waals surface area contributed by atoms with Crippen molar-refractivity contribution in [3.63, 3.8) is 0 Å². The summed E-state index contributed by atoms with van der Waals surface area (Å²) in [5, 5.41) is 3.99. The van der Waals surface area contributed by atoms with Gasteiger partial charge in [-0.25, -0.2) is 0 Å². The number of fused-ring (bicyclic) bond motifs is 11. The van der Waals surface area contributed by atoms with Crippen LogP contribution in [0.15, 0.2) is 187 Å². The molecule has 77 heavy (non-hydrogen) atoms. The van der Waals surface area contributed by atoms with Crippen LogP contribution in [-0.2, 0) is 21.1 Å². The third-order valence-electron chi connectivity index (χ3n) is 15.3. The van der Waals surface area contributed by atoms with Gasteiger partial charge in [0.1, 0.15) is 5.52 Å². The Morgan fingerprint density at radius 2 is 1.09 bits per heavy atom. The van der Waals surface area contributed by atoms with Crippen molar-refractivity contribution in [2.24, 2.45) is 0 Å². The predicted molar refractivity (Wildman–Crippen MR) is 314 cm³/mol. The van der Waals surface area contributed by atoms with E-state index in [1.165, 1.54) is 61.3 Å². The molecule has 0 saturated carbocycles. The number of hydrogen-bond donors (Lipinski definition) is 0. The number of pyridine rings is 1. The summed E-state index contributed by atoms with van der Waals surface area (Å²) in [4.78, 5) is 10.8. The van der Waals surface area contributed by atoms with Gasteiger partial charge in [0, 0.05) is 28.1 Å². The van der Waals surface area contributed by atoms with Crippen molar-refractivity contribution in [1.82, 2.24) is 18.9 Å². The molecule has 0 fully saturated rings. The molecule has 0 aliphatic carbocycles. The van der Waals surface area contributed by atoms with Crippen molar-refractivity contribution in [3.05, 3.63) is 217 Å². The average Bonchev–Trinajstić information content (AvgIpc) is 4.41. The molecule has 13 rings (SSSR count). The van der Waals surface area contributed by atoms with Gasteiger partial charge in [0.15, 0.2) is 5.58 Å². The van der Waals surface area contributed by atoms with Gasteiger partial charge in [-0.15, -0.1) is 29.8 Å². The van der Waals surface area contributed by atoms with Crippen molar-refractivity contribution in [1.29, 1.82) is 0 Å². The number of para-hydroxylation sites is 2. The second-order valence-corrected chi connectivity index (χ2v) is 21.6. The van der Waals surface area contributed by atoms with Crippen molar-refractivity contribution >= 4 is 60.4 Å². The number of rotatable bonds is 11. The third-order valence-corrected chi connectivity index (χ3v) is 15.3. The molecule has 9 aromatic carbocycles. The van der Waals surface area contributed by atoms with Crippen LogP contribution in [-0.4, -0.2) is 18.9 Å². The molecule has 13 aromatic rings. The maximum absolute atomic E-state index is 6.84. The van der Waals surface area contributed by atoms with Crippen LogP contribution in [0.1, 0.15) is 101 Å². The van der Waals surface area contributed by atoms with Gasteiger partial charge in [-0.1, -0.05) is 181 Å². The van der Waals surface area contributed by atoms with Gasteiger partial charge in [-0.3, -0.25) is 9.97 Å². The molecule has 6 nitrogen and oxygen atoms in total. The van der Waals surface area contributed by atoms with Crippen molar-refractivity contribution in [3.8, 4) is 62.0 Å².